The summed E-state index contributed by atoms with van der Waals surface area (Å²) in [5, 5.41) is 22.8. The van der Waals surface area contributed by atoms with Crippen LogP contribution >= 0.6 is 11.3 Å². The van der Waals surface area contributed by atoms with Gasteiger partial charge < -0.3 is 5.11 Å². The van der Waals surface area contributed by atoms with E-state index in [-0.39, 0.29) is 11.4 Å². The largest absolute Gasteiger partial charge is 0.507 e. The monoisotopic (exact) mass is 376 g/mol. The van der Waals surface area contributed by atoms with Crippen molar-refractivity contribution in [1.82, 2.24) is 15.6 Å². The second-order valence-corrected chi connectivity index (χ2v) is 7.28. The van der Waals surface area contributed by atoms with Gasteiger partial charge in [0, 0.05) is 10.4 Å². The molecule has 0 aliphatic rings. The Morgan fingerprint density at radius 2 is 2.07 bits per heavy atom. The van der Waals surface area contributed by atoms with E-state index < -0.39 is 5.91 Å². The van der Waals surface area contributed by atoms with Crippen LogP contribution in [-0.4, -0.2) is 27.4 Å². The number of aromatic amines is 1. The number of fused-ring (bicyclic) bond motifs is 1. The lowest BCUT2D eigenvalue weighted by molar-refractivity contribution is 0.0950. The molecule has 4 aromatic rings. The normalized spacial score (nSPS) is 11.3. The van der Waals surface area contributed by atoms with E-state index in [0.29, 0.717) is 5.56 Å². The summed E-state index contributed by atoms with van der Waals surface area (Å²) in [6, 6.07) is 16.8. The molecule has 6 nitrogen and oxygen atoms in total. The van der Waals surface area contributed by atoms with Crippen molar-refractivity contribution in [3.05, 3.63) is 70.7 Å². The lowest BCUT2D eigenvalue weighted by atomic mass is 10.0. The Balaban J connectivity index is 1.52. The molecule has 1 amide bonds. The molecule has 4 rings (SSSR count). The SMILES string of the molecule is Cc1ccc(-c2cc(C(=O)N/N=C\c3c(O)ccc4ccccc34)n[nH]2)s1. The van der Waals surface area contributed by atoms with Crippen LogP contribution in [0, 0.1) is 6.92 Å². The number of hydrogen-bond donors (Lipinski definition) is 3. The third kappa shape index (κ3) is 3.45. The summed E-state index contributed by atoms with van der Waals surface area (Å²) in [4.78, 5) is 14.5. The maximum Gasteiger partial charge on any atom is 0.291 e. The van der Waals surface area contributed by atoms with Crippen molar-refractivity contribution in [3.8, 4) is 16.3 Å². The Bertz CT molecular complexity index is 1160. The molecule has 0 spiro atoms. The lowest BCUT2D eigenvalue weighted by Crippen LogP contribution is -2.18. The quantitative estimate of drug-likeness (QED) is 0.370. The number of carbonyl (C=O) groups excluding carboxylic acids is 1. The summed E-state index contributed by atoms with van der Waals surface area (Å²) in [5.41, 5.74) is 4.03. The molecule has 7 heteroatoms. The number of phenolic OH excluding ortho intramolecular Hbond substituents is 1. The third-order valence-electron chi connectivity index (χ3n) is 4.12. The zero-order chi connectivity index (χ0) is 18.8. The first-order chi connectivity index (χ1) is 13.1. The summed E-state index contributed by atoms with van der Waals surface area (Å²) < 4.78 is 0. The molecule has 0 unspecified atom stereocenters. The first-order valence-electron chi connectivity index (χ1n) is 8.28. The summed E-state index contributed by atoms with van der Waals surface area (Å²) in [5.74, 6) is -0.330. The van der Waals surface area contributed by atoms with Crippen molar-refractivity contribution in [3.63, 3.8) is 0 Å². The summed E-state index contributed by atoms with van der Waals surface area (Å²) in [7, 11) is 0. The molecule has 0 aliphatic heterocycles. The number of nitrogens with zero attached hydrogens (tertiary/aromatic N) is 2. The molecule has 2 aromatic heterocycles. The van der Waals surface area contributed by atoms with Gasteiger partial charge >= 0.3 is 0 Å². The van der Waals surface area contributed by atoms with Gasteiger partial charge in [0.25, 0.3) is 5.91 Å². The number of H-pyrrole nitrogens is 1. The first kappa shape index (κ1) is 17.0. The van der Waals surface area contributed by atoms with E-state index in [1.807, 2.05) is 49.4 Å². The Hall–Kier alpha value is -3.45. The van der Waals surface area contributed by atoms with Crippen molar-refractivity contribution in [2.45, 2.75) is 6.92 Å². The van der Waals surface area contributed by atoms with Gasteiger partial charge in [-0.2, -0.15) is 10.2 Å². The van der Waals surface area contributed by atoms with Crippen molar-refractivity contribution >= 4 is 34.2 Å². The van der Waals surface area contributed by atoms with E-state index in [9.17, 15) is 9.90 Å². The fraction of sp³-hybridized carbons (Fsp3) is 0.0500. The van der Waals surface area contributed by atoms with Crippen molar-refractivity contribution in [2.75, 3.05) is 0 Å². The molecule has 0 saturated heterocycles. The van der Waals surface area contributed by atoms with E-state index in [1.165, 1.54) is 11.1 Å². The first-order valence-corrected chi connectivity index (χ1v) is 9.10. The van der Waals surface area contributed by atoms with E-state index in [2.05, 4.69) is 20.7 Å². The smallest absolute Gasteiger partial charge is 0.291 e. The molecule has 134 valence electrons. The predicted octanol–water partition coefficient (Wildman–Crippen LogP) is 4.07. The number of phenols is 1. The number of amides is 1. The molecule has 0 radical (unpaired) electrons. The van der Waals surface area contributed by atoms with E-state index in [1.54, 1.807) is 23.5 Å². The summed E-state index contributed by atoms with van der Waals surface area (Å²) in [6.45, 7) is 2.02. The zero-order valence-corrected chi connectivity index (χ0v) is 15.2. The topological polar surface area (TPSA) is 90.4 Å². The highest BCUT2D eigenvalue weighted by Gasteiger charge is 2.12. The van der Waals surface area contributed by atoms with Gasteiger partial charge in [-0.3, -0.25) is 9.89 Å². The van der Waals surface area contributed by atoms with Gasteiger partial charge in [0.05, 0.1) is 16.8 Å². The number of aromatic nitrogens is 2. The maximum absolute atomic E-state index is 12.3. The average molecular weight is 376 g/mol. The van der Waals surface area contributed by atoms with Crippen LogP contribution in [0.25, 0.3) is 21.3 Å². The molecule has 2 heterocycles. The zero-order valence-electron chi connectivity index (χ0n) is 14.4. The van der Waals surface area contributed by atoms with Crippen LogP contribution in [0.1, 0.15) is 20.9 Å². The Morgan fingerprint density at radius 3 is 2.89 bits per heavy atom. The molecule has 0 fully saturated rings. The molecular weight excluding hydrogens is 360 g/mol. The third-order valence-corrected chi connectivity index (χ3v) is 5.16. The Labute approximate surface area is 159 Å². The van der Waals surface area contributed by atoms with Crippen LogP contribution in [0.3, 0.4) is 0 Å². The van der Waals surface area contributed by atoms with E-state index in [0.717, 1.165) is 21.3 Å². The Kier molecular flexibility index (Phi) is 4.43. The molecule has 0 saturated carbocycles. The minimum absolute atomic E-state index is 0.0989. The minimum Gasteiger partial charge on any atom is -0.507 e. The fourth-order valence-corrected chi connectivity index (χ4v) is 3.61. The highest BCUT2D eigenvalue weighted by Crippen LogP contribution is 2.27. The van der Waals surface area contributed by atoms with Gasteiger partial charge in [-0.15, -0.1) is 11.3 Å². The van der Waals surface area contributed by atoms with Crippen LogP contribution in [-0.2, 0) is 0 Å². The molecule has 0 bridgehead atoms. The molecule has 2 aromatic carbocycles. The summed E-state index contributed by atoms with van der Waals surface area (Å²) >= 11 is 1.62. The van der Waals surface area contributed by atoms with Crippen molar-refractivity contribution in [1.29, 1.82) is 0 Å². The van der Waals surface area contributed by atoms with Crippen LogP contribution in [0.15, 0.2) is 59.7 Å². The molecule has 0 aliphatic carbocycles. The molecule has 0 atom stereocenters. The fourth-order valence-electron chi connectivity index (χ4n) is 2.78. The minimum atomic E-state index is -0.429. The highest BCUT2D eigenvalue weighted by atomic mass is 32.1. The summed E-state index contributed by atoms with van der Waals surface area (Å²) in [6.07, 6.45) is 1.44. The van der Waals surface area contributed by atoms with Gasteiger partial charge in [-0.05, 0) is 42.0 Å². The van der Waals surface area contributed by atoms with Gasteiger partial charge in [0.2, 0.25) is 0 Å². The molecular formula is C20H16N4O2S. The van der Waals surface area contributed by atoms with E-state index in [4.69, 9.17) is 0 Å². The highest BCUT2D eigenvalue weighted by molar-refractivity contribution is 7.15. The number of hydrazone groups is 1. The average Bonchev–Trinajstić information content (AvgIpc) is 3.32. The molecule has 3 N–H and O–H groups in total. The number of nitrogens with one attached hydrogen (secondary N) is 2. The van der Waals surface area contributed by atoms with Crippen LogP contribution in [0.5, 0.6) is 5.75 Å². The predicted molar refractivity (Wildman–Crippen MR) is 107 cm³/mol. The lowest BCUT2D eigenvalue weighted by Gasteiger charge is -2.04. The number of thiophene rings is 1. The van der Waals surface area contributed by atoms with Crippen molar-refractivity contribution < 1.29 is 9.90 Å². The number of rotatable bonds is 4. The second kappa shape index (κ2) is 7.05. The number of aromatic hydroxyl groups is 1. The van der Waals surface area contributed by atoms with E-state index >= 15 is 0 Å². The number of aryl methyl sites for hydroxylation is 1. The molecule has 27 heavy (non-hydrogen) atoms. The number of hydrogen-bond acceptors (Lipinski definition) is 5. The van der Waals surface area contributed by atoms with Crippen LogP contribution in [0.4, 0.5) is 0 Å². The standard InChI is InChI=1S/C20H16N4O2S/c1-12-6-9-19(27-12)16-10-17(23-22-16)20(26)24-21-11-15-14-5-3-2-4-13(14)7-8-18(15)25/h2-11,25H,1H3,(H,22,23)(H,24,26)/b21-11-. The van der Waals surface area contributed by atoms with Gasteiger partial charge in [-0.25, -0.2) is 5.43 Å². The van der Waals surface area contributed by atoms with Gasteiger partial charge in [0.1, 0.15) is 5.75 Å². The van der Waals surface area contributed by atoms with Gasteiger partial charge in [-0.1, -0.05) is 30.3 Å². The maximum atomic E-state index is 12.3. The second-order valence-electron chi connectivity index (χ2n) is 6.00. The number of carbonyl (C=O) groups is 1. The number of benzene rings is 2. The van der Waals surface area contributed by atoms with Crippen molar-refractivity contribution in [2.24, 2.45) is 5.10 Å². The van der Waals surface area contributed by atoms with Crippen LogP contribution in [0.2, 0.25) is 0 Å². The Morgan fingerprint density at radius 1 is 1.22 bits per heavy atom. The van der Waals surface area contributed by atoms with Crippen LogP contribution < -0.4 is 5.43 Å². The van der Waals surface area contributed by atoms with Gasteiger partial charge in [0.15, 0.2) is 5.69 Å².